The van der Waals surface area contributed by atoms with Crippen molar-refractivity contribution in [3.8, 4) is 0 Å². The molecule has 1 rings (SSSR count). The summed E-state index contributed by atoms with van der Waals surface area (Å²) in [5, 5.41) is 3.47. The van der Waals surface area contributed by atoms with Crippen LogP contribution >= 0.6 is 0 Å². The van der Waals surface area contributed by atoms with Crippen LogP contribution in [0.25, 0.3) is 0 Å². The average Bonchev–Trinajstić information content (AvgIpc) is 2.32. The molecule has 102 valence electrons. The third-order valence-electron chi connectivity index (χ3n) is 3.73. The summed E-state index contributed by atoms with van der Waals surface area (Å²) < 4.78 is 0. The average molecular weight is 241 g/mol. The summed E-state index contributed by atoms with van der Waals surface area (Å²) in [6, 6.07) is 0. The molecule has 0 saturated carbocycles. The first-order valence-corrected chi connectivity index (χ1v) is 7.30. The lowest BCUT2D eigenvalue weighted by atomic mass is 9.97. The lowest BCUT2D eigenvalue weighted by Crippen LogP contribution is -2.36. The molecule has 0 unspecified atom stereocenters. The maximum absolute atomic E-state index is 3.47. The first kappa shape index (κ1) is 14.9. The number of nitrogens with one attached hydrogen (secondary N) is 1. The van der Waals surface area contributed by atoms with E-state index in [1.165, 1.54) is 65.0 Å². The first-order chi connectivity index (χ1) is 8.22. The summed E-state index contributed by atoms with van der Waals surface area (Å²) in [6.07, 6.45) is 5.29. The molecule has 0 spiro atoms. The fraction of sp³-hybridized carbons (Fsp3) is 1.00. The highest BCUT2D eigenvalue weighted by Gasteiger charge is 2.17. The van der Waals surface area contributed by atoms with Gasteiger partial charge in [0.15, 0.2) is 0 Å². The van der Waals surface area contributed by atoms with E-state index in [0.717, 1.165) is 5.92 Å². The highest BCUT2D eigenvalue weighted by molar-refractivity contribution is 4.72. The monoisotopic (exact) mass is 241 g/mol. The molecule has 1 saturated heterocycles. The third-order valence-corrected chi connectivity index (χ3v) is 3.73. The van der Waals surface area contributed by atoms with Gasteiger partial charge >= 0.3 is 0 Å². The molecule has 3 heteroatoms. The lowest BCUT2D eigenvalue weighted by Gasteiger charge is -2.31. The van der Waals surface area contributed by atoms with Crippen molar-refractivity contribution in [3.63, 3.8) is 0 Å². The molecule has 1 aliphatic rings. The van der Waals surface area contributed by atoms with E-state index >= 15 is 0 Å². The van der Waals surface area contributed by atoms with E-state index in [0.29, 0.717) is 0 Å². The number of hydrogen-bond donors (Lipinski definition) is 1. The van der Waals surface area contributed by atoms with E-state index in [9.17, 15) is 0 Å². The van der Waals surface area contributed by atoms with E-state index in [4.69, 9.17) is 0 Å². The summed E-state index contributed by atoms with van der Waals surface area (Å²) in [5.74, 6) is 0.930. The van der Waals surface area contributed by atoms with Crippen molar-refractivity contribution < 1.29 is 0 Å². The van der Waals surface area contributed by atoms with Gasteiger partial charge in [0.1, 0.15) is 0 Å². The molecule has 0 aromatic rings. The maximum atomic E-state index is 3.47. The Labute approximate surface area is 108 Å². The van der Waals surface area contributed by atoms with E-state index in [-0.39, 0.29) is 0 Å². The Bertz CT molecular complexity index is 176. The number of piperidine rings is 1. The Balaban J connectivity index is 1.98. The van der Waals surface area contributed by atoms with E-state index in [2.05, 4.69) is 36.1 Å². The molecule has 1 fully saturated rings. The largest absolute Gasteiger partial charge is 0.317 e. The molecule has 0 amide bonds. The van der Waals surface area contributed by atoms with Crippen LogP contribution in [-0.4, -0.2) is 63.2 Å². The topological polar surface area (TPSA) is 18.5 Å². The van der Waals surface area contributed by atoms with Crippen LogP contribution in [0.4, 0.5) is 0 Å². The van der Waals surface area contributed by atoms with Gasteiger partial charge in [-0.2, -0.15) is 0 Å². The molecular weight excluding hydrogens is 210 g/mol. The number of nitrogens with zero attached hydrogens (tertiary/aromatic N) is 2. The van der Waals surface area contributed by atoms with Gasteiger partial charge in [-0.3, -0.25) is 0 Å². The second-order valence-corrected chi connectivity index (χ2v) is 5.61. The number of hydrogen-bond acceptors (Lipinski definition) is 3. The van der Waals surface area contributed by atoms with Crippen LogP contribution in [-0.2, 0) is 0 Å². The zero-order chi connectivity index (χ0) is 12.5. The minimum absolute atomic E-state index is 0.930. The number of rotatable bonds is 8. The third kappa shape index (κ3) is 7.02. The summed E-state index contributed by atoms with van der Waals surface area (Å²) in [6.45, 7) is 9.67. The summed E-state index contributed by atoms with van der Waals surface area (Å²) >= 11 is 0. The van der Waals surface area contributed by atoms with Gasteiger partial charge in [-0.1, -0.05) is 6.92 Å². The quantitative estimate of drug-likeness (QED) is 0.652. The zero-order valence-corrected chi connectivity index (χ0v) is 12.0. The summed E-state index contributed by atoms with van der Waals surface area (Å²) in [5.41, 5.74) is 0. The van der Waals surface area contributed by atoms with E-state index < -0.39 is 0 Å². The Kier molecular flexibility index (Phi) is 7.82. The summed E-state index contributed by atoms with van der Waals surface area (Å²) in [7, 11) is 4.51. The molecule has 17 heavy (non-hydrogen) atoms. The number of likely N-dealkylation sites (tertiary alicyclic amines) is 1. The molecular formula is C14H31N3. The van der Waals surface area contributed by atoms with Crippen LogP contribution in [0, 0.1) is 5.92 Å². The molecule has 0 aromatic heterocycles. The Morgan fingerprint density at radius 2 is 1.94 bits per heavy atom. The van der Waals surface area contributed by atoms with Crippen molar-refractivity contribution in [2.24, 2.45) is 5.92 Å². The van der Waals surface area contributed by atoms with Crippen molar-refractivity contribution in [3.05, 3.63) is 0 Å². The molecule has 1 N–H and O–H groups in total. The second kappa shape index (κ2) is 8.90. The van der Waals surface area contributed by atoms with E-state index in [1.54, 1.807) is 0 Å². The predicted octanol–water partition coefficient (Wildman–Crippen LogP) is 1.65. The van der Waals surface area contributed by atoms with Gasteiger partial charge in [-0.15, -0.1) is 0 Å². The SMILES string of the molecule is CCCNCCCN(C)CC1CCN(C)CC1. The Morgan fingerprint density at radius 3 is 2.59 bits per heavy atom. The zero-order valence-electron chi connectivity index (χ0n) is 12.0. The fourth-order valence-corrected chi connectivity index (χ4v) is 2.55. The normalized spacial score (nSPS) is 19.1. The fourth-order valence-electron chi connectivity index (χ4n) is 2.55. The van der Waals surface area contributed by atoms with Gasteiger partial charge < -0.3 is 15.1 Å². The van der Waals surface area contributed by atoms with Crippen molar-refractivity contribution in [2.45, 2.75) is 32.6 Å². The van der Waals surface area contributed by atoms with Crippen molar-refractivity contribution in [2.75, 3.05) is 53.4 Å². The van der Waals surface area contributed by atoms with Gasteiger partial charge in [-0.25, -0.2) is 0 Å². The van der Waals surface area contributed by atoms with Crippen LogP contribution in [0.3, 0.4) is 0 Å². The minimum Gasteiger partial charge on any atom is -0.317 e. The molecule has 1 aliphatic heterocycles. The van der Waals surface area contributed by atoms with Gasteiger partial charge in [0.2, 0.25) is 0 Å². The molecule has 0 radical (unpaired) electrons. The first-order valence-electron chi connectivity index (χ1n) is 7.30. The van der Waals surface area contributed by atoms with Crippen LogP contribution in [0.15, 0.2) is 0 Å². The standard InChI is InChI=1S/C14H31N3/c1-4-8-15-9-5-10-17(3)13-14-6-11-16(2)12-7-14/h14-15H,4-13H2,1-3H3. The predicted molar refractivity (Wildman–Crippen MR) is 75.5 cm³/mol. The molecule has 0 bridgehead atoms. The highest BCUT2D eigenvalue weighted by atomic mass is 15.1. The van der Waals surface area contributed by atoms with Crippen molar-refractivity contribution >= 4 is 0 Å². The van der Waals surface area contributed by atoms with Gasteiger partial charge in [0.25, 0.3) is 0 Å². The van der Waals surface area contributed by atoms with Crippen LogP contribution in [0.2, 0.25) is 0 Å². The maximum Gasteiger partial charge on any atom is 0.000757 e. The molecule has 0 atom stereocenters. The minimum atomic E-state index is 0.930. The van der Waals surface area contributed by atoms with E-state index in [1.807, 2.05) is 0 Å². The van der Waals surface area contributed by atoms with Gasteiger partial charge in [0, 0.05) is 6.54 Å². The van der Waals surface area contributed by atoms with Gasteiger partial charge in [-0.05, 0) is 78.4 Å². The highest BCUT2D eigenvalue weighted by Crippen LogP contribution is 2.16. The van der Waals surface area contributed by atoms with Crippen LogP contribution in [0.5, 0.6) is 0 Å². The Morgan fingerprint density at radius 1 is 1.24 bits per heavy atom. The smallest absolute Gasteiger partial charge is 0.000757 e. The lowest BCUT2D eigenvalue weighted by molar-refractivity contribution is 0.175. The Hall–Kier alpha value is -0.120. The molecule has 3 nitrogen and oxygen atoms in total. The van der Waals surface area contributed by atoms with Crippen LogP contribution in [0.1, 0.15) is 32.6 Å². The molecule has 0 aliphatic carbocycles. The van der Waals surface area contributed by atoms with Gasteiger partial charge in [0.05, 0.1) is 0 Å². The molecule has 1 heterocycles. The summed E-state index contributed by atoms with van der Waals surface area (Å²) in [4.78, 5) is 4.97. The van der Waals surface area contributed by atoms with Crippen LogP contribution < -0.4 is 5.32 Å². The van der Waals surface area contributed by atoms with Crippen molar-refractivity contribution in [1.29, 1.82) is 0 Å². The second-order valence-electron chi connectivity index (χ2n) is 5.61. The van der Waals surface area contributed by atoms with Crippen molar-refractivity contribution in [1.82, 2.24) is 15.1 Å². The molecule has 0 aromatic carbocycles.